The lowest BCUT2D eigenvalue weighted by Gasteiger charge is -2.14. The van der Waals surface area contributed by atoms with Crippen LogP contribution in [0.1, 0.15) is 36.2 Å². The Hall–Kier alpha value is -1.74. The molecule has 0 fully saturated rings. The van der Waals surface area contributed by atoms with Gasteiger partial charge in [-0.15, -0.1) is 0 Å². The molecule has 1 unspecified atom stereocenters. The van der Waals surface area contributed by atoms with E-state index in [1.165, 1.54) is 11.1 Å². The molecule has 0 saturated carbocycles. The van der Waals surface area contributed by atoms with Crippen LogP contribution >= 0.6 is 0 Å². The van der Waals surface area contributed by atoms with Gasteiger partial charge in [0, 0.05) is 24.2 Å². The van der Waals surface area contributed by atoms with Gasteiger partial charge in [-0.3, -0.25) is 0 Å². The molecule has 2 rings (SSSR count). The molecule has 2 aromatic rings. The maximum atomic E-state index is 4.75. The number of hydrogen-bond donors (Lipinski definition) is 1. The van der Waals surface area contributed by atoms with Crippen molar-refractivity contribution in [3.63, 3.8) is 0 Å². The minimum absolute atomic E-state index is 0.367. The monoisotopic (exact) mass is 269 g/mol. The lowest BCUT2D eigenvalue weighted by atomic mass is 10.0. The van der Waals surface area contributed by atoms with Gasteiger partial charge in [-0.05, 0) is 50.6 Å². The van der Waals surface area contributed by atoms with Gasteiger partial charge in [0.2, 0.25) is 0 Å². The molecule has 1 aromatic carbocycles. The van der Waals surface area contributed by atoms with E-state index in [1.54, 1.807) is 0 Å². The topological polar surface area (TPSA) is 37.8 Å². The first-order valence-corrected chi connectivity index (χ1v) is 7.20. The van der Waals surface area contributed by atoms with E-state index in [9.17, 15) is 0 Å². The van der Waals surface area contributed by atoms with Crippen LogP contribution in [0.5, 0.6) is 0 Å². The van der Waals surface area contributed by atoms with E-state index in [1.807, 2.05) is 19.3 Å². The normalized spacial score (nSPS) is 12.4. The molecule has 0 aliphatic carbocycles. The highest BCUT2D eigenvalue weighted by molar-refractivity contribution is 5.60. The Morgan fingerprint density at radius 1 is 1.15 bits per heavy atom. The number of likely N-dealkylation sites (N-methyl/N-ethyl adjacent to an activating group) is 1. The Balaban J connectivity index is 2.35. The third-order valence-electron chi connectivity index (χ3n) is 3.79. The molecular weight excluding hydrogens is 246 g/mol. The number of nitrogens with zero attached hydrogens (tertiary/aromatic N) is 2. The van der Waals surface area contributed by atoms with Gasteiger partial charge in [-0.2, -0.15) is 0 Å². The van der Waals surface area contributed by atoms with Gasteiger partial charge in [0.05, 0.1) is 5.69 Å². The first-order chi connectivity index (χ1) is 9.65. The minimum atomic E-state index is 0.367. The summed E-state index contributed by atoms with van der Waals surface area (Å²) in [6, 6.07) is 8.46. The molecular formula is C17H23N3. The van der Waals surface area contributed by atoms with Crippen LogP contribution in [0.25, 0.3) is 11.3 Å². The van der Waals surface area contributed by atoms with Gasteiger partial charge < -0.3 is 5.32 Å². The van der Waals surface area contributed by atoms with Crippen LogP contribution in [0.3, 0.4) is 0 Å². The molecule has 1 aromatic heterocycles. The Morgan fingerprint density at radius 2 is 1.95 bits per heavy atom. The Kier molecular flexibility index (Phi) is 4.85. The highest BCUT2D eigenvalue weighted by atomic mass is 14.9. The number of aryl methyl sites for hydroxylation is 2. The average Bonchev–Trinajstić information content (AvgIpc) is 2.47. The Labute approximate surface area is 121 Å². The molecule has 20 heavy (non-hydrogen) atoms. The highest BCUT2D eigenvalue weighted by Gasteiger charge is 2.12. The van der Waals surface area contributed by atoms with Crippen LogP contribution in [-0.4, -0.2) is 23.6 Å². The Bertz CT molecular complexity index is 578. The predicted octanol–water partition coefficient (Wildman–Crippen LogP) is 3.47. The molecule has 1 N–H and O–H groups in total. The van der Waals surface area contributed by atoms with Crippen molar-refractivity contribution < 1.29 is 0 Å². The van der Waals surface area contributed by atoms with E-state index in [0.29, 0.717) is 5.92 Å². The van der Waals surface area contributed by atoms with Gasteiger partial charge in [0.15, 0.2) is 0 Å². The smallest absolute Gasteiger partial charge is 0.133 e. The summed E-state index contributed by atoms with van der Waals surface area (Å²) in [7, 11) is 1.97. The fourth-order valence-electron chi connectivity index (χ4n) is 2.30. The second kappa shape index (κ2) is 6.62. The van der Waals surface area contributed by atoms with Crippen molar-refractivity contribution in [3.05, 3.63) is 47.4 Å². The maximum Gasteiger partial charge on any atom is 0.133 e. The molecule has 0 amide bonds. The summed E-state index contributed by atoms with van der Waals surface area (Å²) in [6.45, 7) is 7.35. The number of aromatic nitrogens is 2. The lowest BCUT2D eigenvalue weighted by Crippen LogP contribution is -2.18. The second-order valence-corrected chi connectivity index (χ2v) is 5.26. The van der Waals surface area contributed by atoms with Crippen LogP contribution in [0.4, 0.5) is 0 Å². The molecule has 0 spiro atoms. The standard InChI is InChI=1S/C17H23N3/c1-5-14(11-18-4)17-19-9-8-16(20-17)15-7-6-12(2)13(3)10-15/h6-10,14,18H,5,11H2,1-4H3. The van der Waals surface area contributed by atoms with Crippen molar-refractivity contribution in [2.45, 2.75) is 33.1 Å². The predicted molar refractivity (Wildman–Crippen MR) is 83.9 cm³/mol. The van der Waals surface area contributed by atoms with E-state index < -0.39 is 0 Å². The third kappa shape index (κ3) is 3.23. The number of hydrogen-bond acceptors (Lipinski definition) is 3. The van der Waals surface area contributed by atoms with Crippen LogP contribution in [0.2, 0.25) is 0 Å². The number of benzene rings is 1. The zero-order valence-electron chi connectivity index (χ0n) is 12.8. The van der Waals surface area contributed by atoms with E-state index in [0.717, 1.165) is 30.0 Å². The summed E-state index contributed by atoms with van der Waals surface area (Å²) >= 11 is 0. The van der Waals surface area contributed by atoms with Gasteiger partial charge in [0.25, 0.3) is 0 Å². The zero-order valence-corrected chi connectivity index (χ0v) is 12.8. The van der Waals surface area contributed by atoms with E-state index in [4.69, 9.17) is 4.98 Å². The van der Waals surface area contributed by atoms with Crippen molar-refractivity contribution in [2.75, 3.05) is 13.6 Å². The molecule has 106 valence electrons. The van der Waals surface area contributed by atoms with Gasteiger partial charge >= 0.3 is 0 Å². The quantitative estimate of drug-likeness (QED) is 0.903. The minimum Gasteiger partial charge on any atom is -0.319 e. The summed E-state index contributed by atoms with van der Waals surface area (Å²) in [5, 5.41) is 3.21. The first kappa shape index (κ1) is 14.7. The van der Waals surface area contributed by atoms with E-state index in [2.05, 4.69) is 49.3 Å². The summed E-state index contributed by atoms with van der Waals surface area (Å²) < 4.78 is 0. The summed E-state index contributed by atoms with van der Waals surface area (Å²) in [5.41, 5.74) is 4.78. The second-order valence-electron chi connectivity index (χ2n) is 5.26. The van der Waals surface area contributed by atoms with Crippen molar-refractivity contribution in [2.24, 2.45) is 0 Å². The molecule has 0 radical (unpaired) electrons. The SMILES string of the molecule is CCC(CNC)c1nccc(-c2ccc(C)c(C)c2)n1. The van der Waals surface area contributed by atoms with Crippen LogP contribution in [0, 0.1) is 13.8 Å². The molecule has 0 saturated heterocycles. The van der Waals surface area contributed by atoms with E-state index in [-0.39, 0.29) is 0 Å². The van der Waals surface area contributed by atoms with Crippen LogP contribution < -0.4 is 5.32 Å². The molecule has 3 nitrogen and oxygen atoms in total. The summed E-state index contributed by atoms with van der Waals surface area (Å²) in [5.74, 6) is 1.30. The molecule has 3 heteroatoms. The van der Waals surface area contributed by atoms with Crippen LogP contribution in [0.15, 0.2) is 30.5 Å². The average molecular weight is 269 g/mol. The molecule has 0 aliphatic rings. The van der Waals surface area contributed by atoms with Gasteiger partial charge in [-0.1, -0.05) is 19.1 Å². The zero-order chi connectivity index (χ0) is 14.5. The van der Waals surface area contributed by atoms with Crippen molar-refractivity contribution >= 4 is 0 Å². The number of rotatable bonds is 5. The Morgan fingerprint density at radius 3 is 2.60 bits per heavy atom. The van der Waals surface area contributed by atoms with Gasteiger partial charge in [-0.25, -0.2) is 9.97 Å². The molecule has 1 atom stereocenters. The van der Waals surface area contributed by atoms with Crippen LogP contribution in [-0.2, 0) is 0 Å². The summed E-state index contributed by atoms with van der Waals surface area (Å²) in [4.78, 5) is 9.20. The molecule has 0 bridgehead atoms. The largest absolute Gasteiger partial charge is 0.319 e. The van der Waals surface area contributed by atoms with E-state index >= 15 is 0 Å². The fourth-order valence-corrected chi connectivity index (χ4v) is 2.30. The van der Waals surface area contributed by atoms with Gasteiger partial charge in [0.1, 0.15) is 5.82 Å². The maximum absolute atomic E-state index is 4.75. The molecule has 0 aliphatic heterocycles. The summed E-state index contributed by atoms with van der Waals surface area (Å²) in [6.07, 6.45) is 2.91. The van der Waals surface area contributed by atoms with Crippen molar-refractivity contribution in [1.29, 1.82) is 0 Å². The van der Waals surface area contributed by atoms with Crippen molar-refractivity contribution in [3.8, 4) is 11.3 Å². The third-order valence-corrected chi connectivity index (χ3v) is 3.79. The van der Waals surface area contributed by atoms with Crippen molar-refractivity contribution in [1.82, 2.24) is 15.3 Å². The lowest BCUT2D eigenvalue weighted by molar-refractivity contribution is 0.580. The highest BCUT2D eigenvalue weighted by Crippen LogP contribution is 2.22. The first-order valence-electron chi connectivity index (χ1n) is 7.20. The molecule has 1 heterocycles. The fraction of sp³-hybridized carbons (Fsp3) is 0.412. The number of nitrogens with one attached hydrogen (secondary N) is 1.